The Hall–Kier alpha value is -2.51. The molecule has 2 heterocycles. The molecule has 1 aliphatic heterocycles. The van der Waals surface area contributed by atoms with E-state index >= 15 is 0 Å². The van der Waals surface area contributed by atoms with E-state index in [1.807, 2.05) is 18.7 Å². The molecule has 1 aliphatic rings. The lowest BCUT2D eigenvalue weighted by atomic mass is 9.99. The summed E-state index contributed by atoms with van der Waals surface area (Å²) in [6.45, 7) is 4.55. The molecule has 0 aliphatic carbocycles. The first-order valence-electron chi connectivity index (χ1n) is 8.99. The van der Waals surface area contributed by atoms with Gasteiger partial charge in [-0.25, -0.2) is 0 Å². The van der Waals surface area contributed by atoms with Crippen molar-refractivity contribution in [3.8, 4) is 16.9 Å². The minimum Gasteiger partial charge on any atom is -0.478 e. The van der Waals surface area contributed by atoms with Gasteiger partial charge in [0.05, 0.1) is 16.5 Å². The zero-order valence-electron chi connectivity index (χ0n) is 15.6. The van der Waals surface area contributed by atoms with Crippen LogP contribution in [0.1, 0.15) is 25.2 Å². The molecule has 0 amide bonds. The monoisotopic (exact) mass is 423 g/mol. The molecule has 4 rings (SSSR count). The van der Waals surface area contributed by atoms with Crippen LogP contribution in [0.2, 0.25) is 5.02 Å². The quantitative estimate of drug-likeness (QED) is 0.531. The summed E-state index contributed by atoms with van der Waals surface area (Å²) >= 11 is 5.84. The van der Waals surface area contributed by atoms with Crippen LogP contribution in [0.3, 0.4) is 0 Å². The molecule has 0 fully saturated rings. The fourth-order valence-corrected chi connectivity index (χ4v) is 3.52. The van der Waals surface area contributed by atoms with Crippen LogP contribution >= 0.6 is 11.6 Å². The van der Waals surface area contributed by atoms with E-state index in [2.05, 4.69) is 0 Å². The maximum absolute atomic E-state index is 13.9. The number of halogens is 4. The summed E-state index contributed by atoms with van der Waals surface area (Å²) in [5.41, 5.74) is -0.838. The van der Waals surface area contributed by atoms with E-state index in [0.29, 0.717) is 29.6 Å². The molecule has 1 aromatic heterocycles. The highest BCUT2D eigenvalue weighted by Gasteiger charge is 2.40. The van der Waals surface area contributed by atoms with E-state index in [0.717, 1.165) is 0 Å². The predicted molar refractivity (Wildman–Crippen MR) is 104 cm³/mol. The van der Waals surface area contributed by atoms with E-state index < -0.39 is 22.9 Å². The number of benzene rings is 2. The number of rotatable bonds is 2. The molecule has 0 atom stereocenters. The molecule has 0 saturated heterocycles. The SMILES string of the molecule is CC(C)N1COc2ccc3c(=O)c(-c4ccc(Cl)cc4)c(C(F)(F)F)oc3c2C1. The Labute approximate surface area is 169 Å². The Bertz CT molecular complexity index is 1140. The van der Waals surface area contributed by atoms with Gasteiger partial charge in [0, 0.05) is 17.6 Å². The van der Waals surface area contributed by atoms with Crippen molar-refractivity contribution in [2.24, 2.45) is 0 Å². The van der Waals surface area contributed by atoms with Crippen molar-refractivity contribution in [2.75, 3.05) is 6.73 Å². The average molecular weight is 424 g/mol. The van der Waals surface area contributed by atoms with Crippen LogP contribution in [0, 0.1) is 0 Å². The lowest BCUT2D eigenvalue weighted by molar-refractivity contribution is -0.152. The zero-order valence-corrected chi connectivity index (χ0v) is 16.4. The van der Waals surface area contributed by atoms with Crippen LogP contribution in [0.5, 0.6) is 5.75 Å². The Balaban J connectivity index is 2.03. The van der Waals surface area contributed by atoms with Crippen molar-refractivity contribution in [1.82, 2.24) is 4.90 Å². The average Bonchev–Trinajstić information content (AvgIpc) is 2.67. The second kappa shape index (κ2) is 7.07. The largest absolute Gasteiger partial charge is 0.478 e. The van der Waals surface area contributed by atoms with Crippen molar-refractivity contribution in [2.45, 2.75) is 32.6 Å². The standard InChI is InChI=1S/C21H17ClF3NO3/c1-11(2)26-9-15-16(28-10-26)8-7-14-18(27)17(12-3-5-13(22)6-4-12)20(21(23,24)25)29-19(14)15/h3-8,11H,9-10H2,1-2H3. The molecule has 0 N–H and O–H groups in total. The van der Waals surface area contributed by atoms with Crippen molar-refractivity contribution in [3.05, 3.63) is 63.0 Å². The second-order valence-electron chi connectivity index (χ2n) is 7.17. The minimum atomic E-state index is -4.85. The van der Waals surface area contributed by atoms with Gasteiger partial charge in [0.25, 0.3) is 0 Å². The Morgan fingerprint density at radius 1 is 1.10 bits per heavy atom. The van der Waals surface area contributed by atoms with Gasteiger partial charge in [-0.05, 0) is 43.7 Å². The van der Waals surface area contributed by atoms with Gasteiger partial charge in [0.15, 0.2) is 0 Å². The molecule has 29 heavy (non-hydrogen) atoms. The van der Waals surface area contributed by atoms with Crippen molar-refractivity contribution >= 4 is 22.6 Å². The maximum Gasteiger partial charge on any atom is 0.450 e. The zero-order chi connectivity index (χ0) is 20.9. The van der Waals surface area contributed by atoms with Crippen LogP contribution in [-0.2, 0) is 12.7 Å². The minimum absolute atomic E-state index is 0.0795. The third kappa shape index (κ3) is 3.49. The molecule has 0 saturated carbocycles. The van der Waals surface area contributed by atoms with E-state index in [4.69, 9.17) is 20.8 Å². The summed E-state index contributed by atoms with van der Waals surface area (Å²) in [6, 6.07) is 8.77. The Morgan fingerprint density at radius 2 is 1.79 bits per heavy atom. The third-order valence-electron chi connectivity index (χ3n) is 4.99. The number of nitrogens with zero attached hydrogens (tertiary/aromatic N) is 1. The molecule has 0 bridgehead atoms. The molecule has 8 heteroatoms. The van der Waals surface area contributed by atoms with Crippen molar-refractivity contribution in [3.63, 3.8) is 0 Å². The van der Waals surface area contributed by atoms with E-state index in [9.17, 15) is 18.0 Å². The number of hydrogen-bond donors (Lipinski definition) is 0. The first kappa shape index (κ1) is 19.8. The number of ether oxygens (including phenoxy) is 1. The highest BCUT2D eigenvalue weighted by atomic mass is 35.5. The maximum atomic E-state index is 13.9. The van der Waals surface area contributed by atoms with Gasteiger partial charge < -0.3 is 9.15 Å². The molecule has 0 unspecified atom stereocenters. The number of fused-ring (bicyclic) bond motifs is 3. The molecule has 3 aromatic rings. The summed E-state index contributed by atoms with van der Waals surface area (Å²) in [7, 11) is 0. The highest BCUT2D eigenvalue weighted by Crippen LogP contribution is 2.40. The Kier molecular flexibility index (Phi) is 4.83. The van der Waals surface area contributed by atoms with Crippen LogP contribution < -0.4 is 10.2 Å². The fourth-order valence-electron chi connectivity index (χ4n) is 3.39. The van der Waals surface area contributed by atoms with Gasteiger partial charge in [-0.1, -0.05) is 23.7 Å². The van der Waals surface area contributed by atoms with Crippen molar-refractivity contribution in [1.29, 1.82) is 0 Å². The normalized spacial score (nSPS) is 14.9. The molecule has 0 radical (unpaired) electrons. The lowest BCUT2D eigenvalue weighted by Crippen LogP contribution is -2.37. The summed E-state index contributed by atoms with van der Waals surface area (Å²) < 4.78 is 52.6. The summed E-state index contributed by atoms with van der Waals surface area (Å²) in [4.78, 5) is 15.1. The van der Waals surface area contributed by atoms with E-state index in [1.165, 1.54) is 30.3 Å². The van der Waals surface area contributed by atoms with E-state index in [1.54, 1.807) is 6.07 Å². The first-order valence-corrected chi connectivity index (χ1v) is 9.37. The van der Waals surface area contributed by atoms with E-state index in [-0.39, 0.29) is 22.6 Å². The van der Waals surface area contributed by atoms with Crippen molar-refractivity contribution < 1.29 is 22.3 Å². The van der Waals surface area contributed by atoms with Gasteiger partial charge in [-0.3, -0.25) is 9.69 Å². The van der Waals surface area contributed by atoms with Crippen LogP contribution in [-0.4, -0.2) is 17.7 Å². The van der Waals surface area contributed by atoms with Gasteiger partial charge in [-0.2, -0.15) is 13.2 Å². The number of alkyl halides is 3. The van der Waals surface area contributed by atoms with Gasteiger partial charge in [-0.15, -0.1) is 0 Å². The van der Waals surface area contributed by atoms with Crippen LogP contribution in [0.4, 0.5) is 13.2 Å². The topological polar surface area (TPSA) is 42.7 Å². The van der Waals surface area contributed by atoms with Crippen LogP contribution in [0.15, 0.2) is 45.6 Å². The predicted octanol–water partition coefficient (Wildman–Crippen LogP) is 5.69. The summed E-state index contributed by atoms with van der Waals surface area (Å²) in [6.07, 6.45) is -4.85. The van der Waals surface area contributed by atoms with Gasteiger partial charge in [0.2, 0.25) is 11.2 Å². The lowest BCUT2D eigenvalue weighted by Gasteiger charge is -2.32. The summed E-state index contributed by atoms with van der Waals surface area (Å²) in [5.74, 6) is -0.905. The molecular formula is C21H17ClF3NO3. The highest BCUT2D eigenvalue weighted by molar-refractivity contribution is 6.30. The Morgan fingerprint density at radius 3 is 2.41 bits per heavy atom. The molecule has 152 valence electrons. The second-order valence-corrected chi connectivity index (χ2v) is 7.61. The smallest absolute Gasteiger partial charge is 0.450 e. The van der Waals surface area contributed by atoms with Gasteiger partial charge >= 0.3 is 6.18 Å². The fraction of sp³-hybridized carbons (Fsp3) is 0.286. The molecule has 2 aromatic carbocycles. The number of hydrogen-bond acceptors (Lipinski definition) is 4. The van der Waals surface area contributed by atoms with Gasteiger partial charge in [0.1, 0.15) is 18.1 Å². The van der Waals surface area contributed by atoms with Crippen LogP contribution in [0.25, 0.3) is 22.1 Å². The first-order chi connectivity index (χ1) is 13.7. The molecule has 4 nitrogen and oxygen atoms in total. The third-order valence-corrected chi connectivity index (χ3v) is 5.24. The molecular weight excluding hydrogens is 407 g/mol. The summed E-state index contributed by atoms with van der Waals surface area (Å²) in [5, 5.41) is 0.434. The molecule has 0 spiro atoms.